The quantitative estimate of drug-likeness (QED) is 0.861. The Kier molecular flexibility index (Phi) is 3.56. The Hall–Kier alpha value is -1.74. The topological polar surface area (TPSA) is 34.4 Å². The molecule has 0 atom stereocenters. The minimum absolute atomic E-state index is 0.484. The molecule has 100 valence electrons. The summed E-state index contributed by atoms with van der Waals surface area (Å²) in [6, 6.07) is 10.8. The Balaban J connectivity index is 1.58. The highest BCUT2D eigenvalue weighted by Crippen LogP contribution is 2.21. The van der Waals surface area contributed by atoms with Gasteiger partial charge in [0.15, 0.2) is 0 Å². The third-order valence-electron chi connectivity index (χ3n) is 3.36. The molecule has 3 rings (SSSR count). The second kappa shape index (κ2) is 5.49. The summed E-state index contributed by atoms with van der Waals surface area (Å²) < 4.78 is 11.3. The summed E-state index contributed by atoms with van der Waals surface area (Å²) in [5.74, 6) is 1.80. The molecule has 1 saturated carbocycles. The number of furan rings is 1. The summed E-state index contributed by atoms with van der Waals surface area (Å²) in [6.45, 7) is 3.41. The van der Waals surface area contributed by atoms with Crippen molar-refractivity contribution < 1.29 is 9.15 Å². The molecule has 3 nitrogen and oxygen atoms in total. The summed E-state index contributed by atoms with van der Waals surface area (Å²) in [5, 5.41) is 3.49. The number of aryl methyl sites for hydroxylation is 1. The normalized spacial score (nSPS) is 14.6. The van der Waals surface area contributed by atoms with Gasteiger partial charge >= 0.3 is 0 Å². The monoisotopic (exact) mass is 257 g/mol. The third-order valence-corrected chi connectivity index (χ3v) is 3.36. The van der Waals surface area contributed by atoms with E-state index in [1.165, 1.54) is 24.0 Å². The van der Waals surface area contributed by atoms with Crippen molar-refractivity contribution in [2.75, 3.05) is 0 Å². The van der Waals surface area contributed by atoms with E-state index >= 15 is 0 Å². The molecule has 0 spiro atoms. The Labute approximate surface area is 113 Å². The van der Waals surface area contributed by atoms with Gasteiger partial charge in [-0.1, -0.05) is 12.1 Å². The molecule has 0 saturated heterocycles. The molecule has 1 aliphatic carbocycles. The van der Waals surface area contributed by atoms with E-state index in [4.69, 9.17) is 9.15 Å². The third kappa shape index (κ3) is 3.38. The first-order valence-electron chi connectivity index (χ1n) is 6.79. The summed E-state index contributed by atoms with van der Waals surface area (Å²) >= 11 is 0. The zero-order valence-electron chi connectivity index (χ0n) is 11.2. The lowest BCUT2D eigenvalue weighted by Crippen LogP contribution is -2.16. The maximum absolute atomic E-state index is 5.77. The van der Waals surface area contributed by atoms with Crippen molar-refractivity contribution in [2.24, 2.45) is 0 Å². The van der Waals surface area contributed by atoms with Gasteiger partial charge in [-0.2, -0.15) is 0 Å². The van der Waals surface area contributed by atoms with Crippen molar-refractivity contribution >= 4 is 0 Å². The molecular weight excluding hydrogens is 238 g/mol. The van der Waals surface area contributed by atoms with Crippen molar-refractivity contribution in [3.8, 4) is 5.75 Å². The molecule has 19 heavy (non-hydrogen) atoms. The summed E-state index contributed by atoms with van der Waals surface area (Å²) in [4.78, 5) is 0. The van der Waals surface area contributed by atoms with E-state index in [2.05, 4.69) is 18.3 Å². The minimum atomic E-state index is 0.484. The van der Waals surface area contributed by atoms with Gasteiger partial charge in [0.2, 0.25) is 0 Å². The minimum Gasteiger partial charge on any atom is -0.486 e. The van der Waals surface area contributed by atoms with Gasteiger partial charge in [0.1, 0.15) is 18.1 Å². The first-order valence-corrected chi connectivity index (χ1v) is 6.79. The molecule has 1 fully saturated rings. The number of ether oxygens (including phenoxy) is 1. The van der Waals surface area contributed by atoms with Gasteiger partial charge < -0.3 is 14.5 Å². The Morgan fingerprint density at radius 2 is 2.21 bits per heavy atom. The van der Waals surface area contributed by atoms with Crippen LogP contribution in [0.15, 0.2) is 41.0 Å². The van der Waals surface area contributed by atoms with Crippen LogP contribution >= 0.6 is 0 Å². The zero-order valence-corrected chi connectivity index (χ0v) is 11.2. The zero-order chi connectivity index (χ0) is 13.1. The van der Waals surface area contributed by atoms with Crippen LogP contribution in [-0.4, -0.2) is 6.04 Å². The van der Waals surface area contributed by atoms with Crippen LogP contribution in [0.2, 0.25) is 0 Å². The van der Waals surface area contributed by atoms with Gasteiger partial charge in [-0.3, -0.25) is 0 Å². The lowest BCUT2D eigenvalue weighted by molar-refractivity contribution is 0.268. The van der Waals surface area contributed by atoms with Crippen LogP contribution in [0, 0.1) is 6.92 Å². The second-order valence-corrected chi connectivity index (χ2v) is 5.13. The van der Waals surface area contributed by atoms with Crippen LogP contribution in [0.25, 0.3) is 0 Å². The smallest absolute Gasteiger partial charge is 0.146 e. The van der Waals surface area contributed by atoms with Crippen molar-refractivity contribution in [3.63, 3.8) is 0 Å². The summed E-state index contributed by atoms with van der Waals surface area (Å²) in [6.07, 6.45) is 4.33. The fraction of sp³-hybridized carbons (Fsp3) is 0.375. The number of nitrogens with one attached hydrogen (secondary N) is 1. The van der Waals surface area contributed by atoms with Gasteiger partial charge in [0, 0.05) is 18.2 Å². The van der Waals surface area contributed by atoms with Crippen LogP contribution in [0.4, 0.5) is 0 Å². The average molecular weight is 257 g/mol. The highest BCUT2D eigenvalue weighted by molar-refractivity contribution is 5.28. The largest absolute Gasteiger partial charge is 0.486 e. The van der Waals surface area contributed by atoms with Crippen LogP contribution in [0.5, 0.6) is 5.75 Å². The maximum atomic E-state index is 5.77. The Morgan fingerprint density at radius 1 is 1.32 bits per heavy atom. The number of hydrogen-bond donors (Lipinski definition) is 1. The van der Waals surface area contributed by atoms with E-state index in [-0.39, 0.29) is 0 Å². The fourth-order valence-electron chi connectivity index (χ4n) is 2.05. The van der Waals surface area contributed by atoms with Gasteiger partial charge in [-0.15, -0.1) is 0 Å². The maximum Gasteiger partial charge on any atom is 0.146 e. The molecule has 2 aromatic rings. The van der Waals surface area contributed by atoms with Gasteiger partial charge in [0.25, 0.3) is 0 Å². The Morgan fingerprint density at radius 3 is 3.00 bits per heavy atom. The van der Waals surface area contributed by atoms with E-state index in [0.717, 1.165) is 18.1 Å². The van der Waals surface area contributed by atoms with E-state index < -0.39 is 0 Å². The molecule has 0 aliphatic heterocycles. The average Bonchev–Trinajstić information content (AvgIpc) is 3.13. The predicted molar refractivity (Wildman–Crippen MR) is 74.1 cm³/mol. The standard InChI is InChI=1S/C16H19NO2/c1-12-3-2-4-15(9-12)19-11-16-13(7-8-18-16)10-17-14-5-6-14/h2-4,7-9,14,17H,5-6,10-11H2,1H3. The second-order valence-electron chi connectivity index (χ2n) is 5.13. The van der Waals surface area contributed by atoms with E-state index in [1.54, 1.807) is 6.26 Å². The van der Waals surface area contributed by atoms with Gasteiger partial charge in [-0.25, -0.2) is 0 Å². The fourth-order valence-corrected chi connectivity index (χ4v) is 2.05. The van der Waals surface area contributed by atoms with Gasteiger partial charge in [-0.05, 0) is 43.5 Å². The molecule has 3 heteroatoms. The van der Waals surface area contributed by atoms with E-state index in [9.17, 15) is 0 Å². The highest BCUT2D eigenvalue weighted by Gasteiger charge is 2.20. The van der Waals surface area contributed by atoms with Crippen molar-refractivity contribution in [1.29, 1.82) is 0 Å². The first kappa shape index (κ1) is 12.3. The first-order chi connectivity index (χ1) is 9.31. The summed E-state index contributed by atoms with van der Waals surface area (Å²) in [5.41, 5.74) is 2.40. The summed E-state index contributed by atoms with van der Waals surface area (Å²) in [7, 11) is 0. The van der Waals surface area contributed by atoms with Crippen LogP contribution in [-0.2, 0) is 13.2 Å². The van der Waals surface area contributed by atoms with Crippen molar-refractivity contribution in [1.82, 2.24) is 5.32 Å². The molecule has 1 aliphatic rings. The van der Waals surface area contributed by atoms with E-state index in [1.807, 2.05) is 24.3 Å². The Bertz CT molecular complexity index is 543. The number of hydrogen-bond acceptors (Lipinski definition) is 3. The van der Waals surface area contributed by atoms with E-state index in [0.29, 0.717) is 12.6 Å². The van der Waals surface area contributed by atoms with Crippen LogP contribution in [0.3, 0.4) is 0 Å². The molecule has 1 heterocycles. The van der Waals surface area contributed by atoms with Crippen LogP contribution < -0.4 is 10.1 Å². The SMILES string of the molecule is Cc1cccc(OCc2occc2CNC2CC2)c1. The lowest BCUT2D eigenvalue weighted by Gasteiger charge is -2.07. The number of benzene rings is 1. The molecule has 1 aromatic heterocycles. The molecule has 1 N–H and O–H groups in total. The van der Waals surface area contributed by atoms with Gasteiger partial charge in [0.05, 0.1) is 6.26 Å². The molecule has 0 unspecified atom stereocenters. The predicted octanol–water partition coefficient (Wildman–Crippen LogP) is 3.42. The van der Waals surface area contributed by atoms with Crippen molar-refractivity contribution in [2.45, 2.75) is 39.0 Å². The molecule has 0 radical (unpaired) electrons. The molecular formula is C16H19NO2. The molecule has 0 amide bonds. The lowest BCUT2D eigenvalue weighted by atomic mass is 10.2. The molecule has 1 aromatic carbocycles. The van der Waals surface area contributed by atoms with Crippen molar-refractivity contribution in [3.05, 3.63) is 53.5 Å². The van der Waals surface area contributed by atoms with Crippen LogP contribution in [0.1, 0.15) is 29.7 Å². The highest BCUT2D eigenvalue weighted by atomic mass is 16.5. The number of rotatable bonds is 6. The molecule has 0 bridgehead atoms.